The molecule has 2 aromatic carbocycles. The van der Waals surface area contributed by atoms with Gasteiger partial charge in [0, 0.05) is 30.4 Å². The van der Waals surface area contributed by atoms with Gasteiger partial charge < -0.3 is 19.7 Å². The van der Waals surface area contributed by atoms with Gasteiger partial charge in [-0.05, 0) is 36.1 Å². The Kier molecular flexibility index (Phi) is 5.43. The third kappa shape index (κ3) is 3.79. The molecule has 0 aromatic heterocycles. The van der Waals surface area contributed by atoms with E-state index in [1.807, 2.05) is 36.4 Å². The maximum atomic E-state index is 13.0. The molecule has 1 unspecified atom stereocenters. The van der Waals surface area contributed by atoms with Gasteiger partial charge in [-0.15, -0.1) is 0 Å². The van der Waals surface area contributed by atoms with Crippen molar-refractivity contribution in [3.8, 4) is 11.5 Å². The van der Waals surface area contributed by atoms with Gasteiger partial charge in [0.2, 0.25) is 11.8 Å². The topological polar surface area (TPSA) is 67.9 Å². The number of nitrogens with zero attached hydrogens (tertiary/aromatic N) is 1. The second-order valence-electron chi connectivity index (χ2n) is 7.38. The van der Waals surface area contributed by atoms with E-state index in [0.717, 1.165) is 35.3 Å². The molecule has 2 aliphatic heterocycles. The van der Waals surface area contributed by atoms with Crippen molar-refractivity contribution in [1.82, 2.24) is 0 Å². The van der Waals surface area contributed by atoms with Crippen molar-refractivity contribution in [2.45, 2.75) is 33.1 Å². The molecule has 1 N–H and O–H groups in total. The Morgan fingerprint density at radius 2 is 1.76 bits per heavy atom. The lowest BCUT2D eigenvalue weighted by Crippen LogP contribution is -2.28. The quantitative estimate of drug-likeness (QED) is 0.842. The number of hydrogen-bond acceptors (Lipinski definition) is 4. The number of hydrogen-bond donors (Lipinski definition) is 1. The van der Waals surface area contributed by atoms with E-state index >= 15 is 0 Å². The van der Waals surface area contributed by atoms with E-state index < -0.39 is 0 Å². The summed E-state index contributed by atoms with van der Waals surface area (Å²) in [6.45, 7) is 5.53. The second kappa shape index (κ2) is 8.15. The molecule has 2 aromatic rings. The van der Waals surface area contributed by atoms with Crippen LogP contribution >= 0.6 is 0 Å². The van der Waals surface area contributed by atoms with E-state index in [0.29, 0.717) is 31.3 Å². The highest BCUT2D eigenvalue weighted by Gasteiger charge is 2.36. The molecule has 0 spiro atoms. The van der Waals surface area contributed by atoms with Crippen molar-refractivity contribution in [3.63, 3.8) is 0 Å². The van der Waals surface area contributed by atoms with E-state index in [1.165, 1.54) is 0 Å². The predicted molar refractivity (Wildman–Crippen MR) is 112 cm³/mol. The number of ether oxygens (including phenoxy) is 2. The van der Waals surface area contributed by atoms with Crippen LogP contribution in [0.1, 0.15) is 31.4 Å². The Balaban J connectivity index is 1.50. The molecule has 1 atom stereocenters. The molecule has 2 heterocycles. The maximum Gasteiger partial charge on any atom is 0.229 e. The molecule has 0 aliphatic carbocycles. The largest absolute Gasteiger partial charge is 0.486 e. The van der Waals surface area contributed by atoms with Crippen molar-refractivity contribution >= 4 is 23.2 Å². The smallest absolute Gasteiger partial charge is 0.229 e. The van der Waals surface area contributed by atoms with Crippen LogP contribution in [0.15, 0.2) is 36.4 Å². The molecule has 1 fully saturated rings. The fourth-order valence-corrected chi connectivity index (χ4v) is 3.96. The zero-order chi connectivity index (χ0) is 20.4. The standard InChI is InChI=1S/C23H26N2O4/c1-3-15-6-5-7-16(4-2)22(15)24-23(27)17-12-21(26)25(14-17)18-8-9-19-20(13-18)29-11-10-28-19/h5-9,13,17H,3-4,10-12,14H2,1-2H3,(H,24,27). The summed E-state index contributed by atoms with van der Waals surface area (Å²) in [4.78, 5) is 27.3. The van der Waals surface area contributed by atoms with Crippen LogP contribution in [0.2, 0.25) is 0 Å². The van der Waals surface area contributed by atoms with Gasteiger partial charge in [0.1, 0.15) is 13.2 Å². The highest BCUT2D eigenvalue weighted by molar-refractivity contribution is 6.04. The Morgan fingerprint density at radius 3 is 2.45 bits per heavy atom. The van der Waals surface area contributed by atoms with Crippen LogP contribution < -0.4 is 19.7 Å². The number of fused-ring (bicyclic) bond motifs is 1. The first-order valence-corrected chi connectivity index (χ1v) is 10.2. The third-order valence-electron chi connectivity index (χ3n) is 5.58. The van der Waals surface area contributed by atoms with Crippen LogP contribution in [-0.4, -0.2) is 31.6 Å². The number of carbonyl (C=O) groups is 2. The summed E-state index contributed by atoms with van der Waals surface area (Å²) in [6.07, 6.45) is 1.89. The Labute approximate surface area is 170 Å². The Morgan fingerprint density at radius 1 is 1.07 bits per heavy atom. The SMILES string of the molecule is CCc1cccc(CC)c1NC(=O)C1CC(=O)N(c2ccc3c(c2)OCCO3)C1. The molecule has 2 aliphatic rings. The van der Waals surface area contributed by atoms with E-state index in [-0.39, 0.29) is 24.2 Å². The van der Waals surface area contributed by atoms with Gasteiger partial charge in [0.25, 0.3) is 0 Å². The number of amides is 2. The summed E-state index contributed by atoms with van der Waals surface area (Å²) >= 11 is 0. The average Bonchev–Trinajstić information content (AvgIpc) is 3.15. The molecular formula is C23H26N2O4. The van der Waals surface area contributed by atoms with E-state index in [4.69, 9.17) is 9.47 Å². The summed E-state index contributed by atoms with van der Waals surface area (Å²) in [6, 6.07) is 11.6. The molecule has 4 rings (SSSR count). The summed E-state index contributed by atoms with van der Waals surface area (Å²) in [7, 11) is 0. The van der Waals surface area contributed by atoms with Gasteiger partial charge in [-0.25, -0.2) is 0 Å². The molecule has 2 amide bonds. The normalized spacial score (nSPS) is 18.1. The fourth-order valence-electron chi connectivity index (χ4n) is 3.96. The van der Waals surface area contributed by atoms with Crippen LogP contribution in [0.25, 0.3) is 0 Å². The highest BCUT2D eigenvalue weighted by Crippen LogP contribution is 2.36. The predicted octanol–water partition coefficient (Wildman–Crippen LogP) is 3.57. The van der Waals surface area contributed by atoms with Gasteiger partial charge in [-0.3, -0.25) is 9.59 Å². The number of carbonyl (C=O) groups excluding carboxylic acids is 2. The number of anilines is 2. The first kappa shape index (κ1) is 19.3. The van der Waals surface area contributed by atoms with E-state index in [1.54, 1.807) is 4.90 Å². The summed E-state index contributed by atoms with van der Waals surface area (Å²) < 4.78 is 11.2. The average molecular weight is 394 g/mol. The minimum absolute atomic E-state index is 0.0543. The lowest BCUT2D eigenvalue weighted by molar-refractivity contribution is -0.122. The van der Waals surface area contributed by atoms with Gasteiger partial charge in [-0.2, -0.15) is 0 Å². The van der Waals surface area contributed by atoms with Gasteiger partial charge >= 0.3 is 0 Å². The van der Waals surface area contributed by atoms with E-state index in [2.05, 4.69) is 19.2 Å². The summed E-state index contributed by atoms with van der Waals surface area (Å²) in [5, 5.41) is 3.10. The van der Waals surface area contributed by atoms with Gasteiger partial charge in [0.15, 0.2) is 11.5 Å². The Bertz CT molecular complexity index is 918. The third-order valence-corrected chi connectivity index (χ3v) is 5.58. The highest BCUT2D eigenvalue weighted by atomic mass is 16.6. The number of nitrogens with one attached hydrogen (secondary N) is 1. The van der Waals surface area contributed by atoms with Crippen molar-refractivity contribution in [3.05, 3.63) is 47.5 Å². The first-order valence-electron chi connectivity index (χ1n) is 10.2. The molecule has 0 radical (unpaired) electrons. The summed E-state index contributed by atoms with van der Waals surface area (Å²) in [5.74, 6) is 0.781. The number of rotatable bonds is 5. The molecule has 6 heteroatoms. The van der Waals surface area contributed by atoms with Crippen LogP contribution in [-0.2, 0) is 22.4 Å². The van der Waals surface area contributed by atoms with Crippen LogP contribution in [0.3, 0.4) is 0 Å². The van der Waals surface area contributed by atoms with Crippen LogP contribution in [0.4, 0.5) is 11.4 Å². The molecule has 0 bridgehead atoms. The molecule has 6 nitrogen and oxygen atoms in total. The molecule has 152 valence electrons. The zero-order valence-corrected chi connectivity index (χ0v) is 16.9. The lowest BCUT2D eigenvalue weighted by atomic mass is 10.0. The van der Waals surface area contributed by atoms with Crippen molar-refractivity contribution in [1.29, 1.82) is 0 Å². The minimum Gasteiger partial charge on any atom is -0.486 e. The van der Waals surface area contributed by atoms with Gasteiger partial charge in [0.05, 0.1) is 5.92 Å². The van der Waals surface area contributed by atoms with Crippen molar-refractivity contribution < 1.29 is 19.1 Å². The number of aryl methyl sites for hydroxylation is 2. The number of para-hydroxylation sites is 1. The summed E-state index contributed by atoms with van der Waals surface area (Å²) in [5.41, 5.74) is 3.86. The molecule has 0 saturated carbocycles. The monoisotopic (exact) mass is 394 g/mol. The first-order chi connectivity index (χ1) is 14.1. The molecular weight excluding hydrogens is 368 g/mol. The minimum atomic E-state index is -0.384. The van der Waals surface area contributed by atoms with Crippen LogP contribution in [0, 0.1) is 5.92 Å². The van der Waals surface area contributed by atoms with Crippen LogP contribution in [0.5, 0.6) is 11.5 Å². The maximum absolute atomic E-state index is 13.0. The van der Waals surface area contributed by atoms with Gasteiger partial charge in [-0.1, -0.05) is 32.0 Å². The zero-order valence-electron chi connectivity index (χ0n) is 16.9. The fraction of sp³-hybridized carbons (Fsp3) is 0.391. The van der Waals surface area contributed by atoms with Crippen molar-refractivity contribution in [2.24, 2.45) is 5.92 Å². The van der Waals surface area contributed by atoms with Crippen molar-refractivity contribution in [2.75, 3.05) is 30.0 Å². The number of benzene rings is 2. The molecule has 29 heavy (non-hydrogen) atoms. The Hall–Kier alpha value is -3.02. The second-order valence-corrected chi connectivity index (χ2v) is 7.38. The van der Waals surface area contributed by atoms with E-state index in [9.17, 15) is 9.59 Å². The lowest BCUT2D eigenvalue weighted by Gasteiger charge is -2.22. The molecule has 1 saturated heterocycles.